The number of fused-ring (bicyclic) bond motifs is 1. The Kier molecular flexibility index (Phi) is 2.96. The Bertz CT molecular complexity index is 541. The van der Waals surface area contributed by atoms with Crippen LogP contribution in [0.5, 0.6) is 5.75 Å². The van der Waals surface area contributed by atoms with Gasteiger partial charge in [0.05, 0.1) is 11.0 Å². The number of nitrogens with zero attached hydrogens (tertiary/aromatic N) is 1. The number of phenolic OH excluding ortho intramolecular Hbond substituents is 1. The van der Waals surface area contributed by atoms with E-state index in [2.05, 4.69) is 9.97 Å². The fourth-order valence-corrected chi connectivity index (χ4v) is 2.88. The minimum Gasteiger partial charge on any atom is -0.508 e. The van der Waals surface area contributed by atoms with E-state index in [1.165, 1.54) is 12.8 Å². The van der Waals surface area contributed by atoms with Gasteiger partial charge in [0.1, 0.15) is 11.6 Å². The van der Waals surface area contributed by atoms with Crippen LogP contribution in [0.15, 0.2) is 18.2 Å². The van der Waals surface area contributed by atoms with Gasteiger partial charge in [0, 0.05) is 12.0 Å². The summed E-state index contributed by atoms with van der Waals surface area (Å²) in [5, 5.41) is 9.45. The van der Waals surface area contributed by atoms with Gasteiger partial charge in [-0.05, 0) is 50.3 Å². The maximum Gasteiger partial charge on any atom is 0.117 e. The minimum absolute atomic E-state index is 0.282. The monoisotopic (exact) mass is 245 g/mol. The summed E-state index contributed by atoms with van der Waals surface area (Å²) in [5.74, 6) is 2.55. The maximum atomic E-state index is 9.45. The number of phenols is 1. The van der Waals surface area contributed by atoms with Gasteiger partial charge in [0.25, 0.3) is 0 Å². The zero-order valence-electron chi connectivity index (χ0n) is 10.4. The van der Waals surface area contributed by atoms with E-state index < -0.39 is 0 Å². The molecule has 1 aliphatic rings. The van der Waals surface area contributed by atoms with E-state index >= 15 is 0 Å². The molecule has 1 heterocycles. The standard InChI is InChI=1S/C14H19N3O/c15-8-9-1-3-10(4-2-9)14-16-12-6-5-11(18)7-13(12)17-14/h5-7,9-10,18H,1-4,8,15H2,(H,16,17). The first kappa shape index (κ1) is 11.5. The van der Waals surface area contributed by atoms with Crippen LogP contribution >= 0.6 is 0 Å². The van der Waals surface area contributed by atoms with E-state index in [0.29, 0.717) is 11.8 Å². The van der Waals surface area contributed by atoms with Gasteiger partial charge in [0.15, 0.2) is 0 Å². The van der Waals surface area contributed by atoms with Gasteiger partial charge < -0.3 is 15.8 Å². The lowest BCUT2D eigenvalue weighted by molar-refractivity contribution is 0.326. The van der Waals surface area contributed by atoms with Gasteiger partial charge in [-0.15, -0.1) is 0 Å². The predicted molar refractivity (Wildman–Crippen MR) is 71.5 cm³/mol. The van der Waals surface area contributed by atoms with Gasteiger partial charge in [0.2, 0.25) is 0 Å². The Morgan fingerprint density at radius 2 is 2.06 bits per heavy atom. The van der Waals surface area contributed by atoms with E-state index in [-0.39, 0.29) is 5.75 Å². The summed E-state index contributed by atoms with van der Waals surface area (Å²) in [7, 11) is 0. The number of H-pyrrole nitrogens is 1. The van der Waals surface area contributed by atoms with Crippen molar-refractivity contribution in [3.05, 3.63) is 24.0 Å². The van der Waals surface area contributed by atoms with E-state index in [0.717, 1.165) is 36.2 Å². The van der Waals surface area contributed by atoms with Crippen LogP contribution in [-0.2, 0) is 0 Å². The summed E-state index contributed by atoms with van der Waals surface area (Å²) in [5.41, 5.74) is 7.57. The van der Waals surface area contributed by atoms with Crippen molar-refractivity contribution in [3.8, 4) is 5.75 Å². The van der Waals surface area contributed by atoms with Crippen LogP contribution < -0.4 is 5.73 Å². The van der Waals surface area contributed by atoms with Gasteiger partial charge in [-0.2, -0.15) is 0 Å². The molecule has 4 heteroatoms. The Labute approximate surface area is 106 Å². The highest BCUT2D eigenvalue weighted by Crippen LogP contribution is 2.35. The van der Waals surface area contributed by atoms with Crippen molar-refractivity contribution >= 4 is 11.0 Å². The van der Waals surface area contributed by atoms with E-state index in [4.69, 9.17) is 5.73 Å². The summed E-state index contributed by atoms with van der Waals surface area (Å²) < 4.78 is 0. The summed E-state index contributed by atoms with van der Waals surface area (Å²) in [6, 6.07) is 5.27. The first-order valence-electron chi connectivity index (χ1n) is 6.65. The third kappa shape index (κ3) is 2.08. The number of aromatic amines is 1. The van der Waals surface area contributed by atoms with Crippen molar-refractivity contribution in [3.63, 3.8) is 0 Å². The predicted octanol–water partition coefficient (Wildman–Crippen LogP) is 2.50. The highest BCUT2D eigenvalue weighted by atomic mass is 16.3. The van der Waals surface area contributed by atoms with Crippen LogP contribution in [0, 0.1) is 5.92 Å². The second-order valence-corrected chi connectivity index (χ2v) is 5.28. The molecule has 0 spiro atoms. The highest BCUT2D eigenvalue weighted by molar-refractivity contribution is 5.76. The second kappa shape index (κ2) is 4.61. The third-order valence-electron chi connectivity index (χ3n) is 4.05. The van der Waals surface area contributed by atoms with Gasteiger partial charge in [-0.25, -0.2) is 4.98 Å². The van der Waals surface area contributed by atoms with E-state index in [9.17, 15) is 5.11 Å². The average molecular weight is 245 g/mol. The first-order chi connectivity index (χ1) is 8.76. The number of hydrogen-bond donors (Lipinski definition) is 3. The van der Waals surface area contributed by atoms with Crippen molar-refractivity contribution in [1.29, 1.82) is 0 Å². The fraction of sp³-hybridized carbons (Fsp3) is 0.500. The molecule has 0 aliphatic heterocycles. The average Bonchev–Trinajstić information content (AvgIpc) is 2.81. The summed E-state index contributed by atoms with van der Waals surface area (Å²) in [6.07, 6.45) is 4.72. The molecule has 2 aromatic rings. The number of benzene rings is 1. The number of imidazole rings is 1. The number of nitrogens with one attached hydrogen (secondary N) is 1. The number of aromatic hydroxyl groups is 1. The molecule has 0 saturated heterocycles. The molecule has 3 rings (SSSR count). The largest absolute Gasteiger partial charge is 0.508 e. The molecule has 1 saturated carbocycles. The summed E-state index contributed by atoms with van der Waals surface area (Å²) in [4.78, 5) is 7.97. The van der Waals surface area contributed by atoms with E-state index in [1.807, 2.05) is 6.07 Å². The van der Waals surface area contributed by atoms with Crippen LogP contribution in [0.3, 0.4) is 0 Å². The smallest absolute Gasteiger partial charge is 0.117 e. The lowest BCUT2D eigenvalue weighted by atomic mass is 9.82. The molecular formula is C14H19N3O. The van der Waals surface area contributed by atoms with Gasteiger partial charge in [-0.3, -0.25) is 0 Å². The van der Waals surface area contributed by atoms with Gasteiger partial charge in [-0.1, -0.05) is 0 Å². The van der Waals surface area contributed by atoms with Crippen LogP contribution in [0.2, 0.25) is 0 Å². The molecule has 1 aliphatic carbocycles. The Morgan fingerprint density at radius 3 is 2.78 bits per heavy atom. The highest BCUT2D eigenvalue weighted by Gasteiger charge is 2.23. The molecule has 0 unspecified atom stereocenters. The zero-order chi connectivity index (χ0) is 12.5. The number of rotatable bonds is 2. The number of aromatic nitrogens is 2. The summed E-state index contributed by atoms with van der Waals surface area (Å²) in [6.45, 7) is 0.806. The molecule has 1 fully saturated rings. The maximum absolute atomic E-state index is 9.45. The lowest BCUT2D eigenvalue weighted by Gasteiger charge is -2.26. The molecule has 0 radical (unpaired) electrons. The first-order valence-corrected chi connectivity index (χ1v) is 6.65. The molecule has 1 aromatic heterocycles. The second-order valence-electron chi connectivity index (χ2n) is 5.28. The molecule has 1 aromatic carbocycles. The topological polar surface area (TPSA) is 74.9 Å². The van der Waals surface area contributed by atoms with Crippen LogP contribution in [0.1, 0.15) is 37.4 Å². The minimum atomic E-state index is 0.282. The Morgan fingerprint density at radius 1 is 1.28 bits per heavy atom. The SMILES string of the molecule is NCC1CCC(c2nc3ccc(O)cc3[nH]2)CC1. The molecule has 18 heavy (non-hydrogen) atoms. The summed E-state index contributed by atoms with van der Waals surface area (Å²) >= 11 is 0. The number of nitrogens with two attached hydrogens (primary N) is 1. The fourth-order valence-electron chi connectivity index (χ4n) is 2.88. The molecule has 4 nitrogen and oxygen atoms in total. The van der Waals surface area contributed by atoms with Crippen molar-refractivity contribution in [2.45, 2.75) is 31.6 Å². The molecule has 0 atom stereocenters. The van der Waals surface area contributed by atoms with Crippen LogP contribution in [0.25, 0.3) is 11.0 Å². The Hall–Kier alpha value is -1.55. The molecular weight excluding hydrogens is 226 g/mol. The van der Waals surface area contributed by atoms with Crippen LogP contribution in [-0.4, -0.2) is 21.6 Å². The number of hydrogen-bond acceptors (Lipinski definition) is 3. The van der Waals surface area contributed by atoms with Crippen molar-refractivity contribution in [2.24, 2.45) is 11.7 Å². The molecule has 0 bridgehead atoms. The normalized spacial score (nSPS) is 24.5. The quantitative estimate of drug-likeness (QED) is 0.761. The third-order valence-corrected chi connectivity index (χ3v) is 4.05. The van der Waals surface area contributed by atoms with Gasteiger partial charge >= 0.3 is 0 Å². The van der Waals surface area contributed by atoms with Crippen LogP contribution in [0.4, 0.5) is 0 Å². The Balaban J connectivity index is 1.82. The zero-order valence-corrected chi connectivity index (χ0v) is 10.4. The van der Waals surface area contributed by atoms with Crippen molar-refractivity contribution < 1.29 is 5.11 Å². The molecule has 96 valence electrons. The molecule has 4 N–H and O–H groups in total. The van der Waals surface area contributed by atoms with Crippen molar-refractivity contribution in [1.82, 2.24) is 9.97 Å². The lowest BCUT2D eigenvalue weighted by Crippen LogP contribution is -2.21. The van der Waals surface area contributed by atoms with E-state index in [1.54, 1.807) is 12.1 Å². The molecule has 0 amide bonds. The van der Waals surface area contributed by atoms with Crippen molar-refractivity contribution in [2.75, 3.05) is 6.54 Å².